The molecule has 1 spiro atoms. The van der Waals surface area contributed by atoms with Crippen LogP contribution < -0.4 is 5.32 Å². The largest absolute Gasteiger partial charge is 0.325 e. The Morgan fingerprint density at radius 3 is 2.59 bits per heavy atom. The molecule has 32 heavy (non-hydrogen) atoms. The van der Waals surface area contributed by atoms with Crippen LogP contribution in [0.4, 0.5) is 13.6 Å². The molecule has 10 heteroatoms. The Balaban J connectivity index is 1.57. The number of imide groups is 1. The molecule has 0 bridgehead atoms. The SMILES string of the molecule is Cc1nc(C(=O)CN2C(=O)NC3(CCC(F)(F)CC3)C2=O)n(C)c1-c1cccc(C#N)c1. The maximum atomic E-state index is 13.5. The summed E-state index contributed by atoms with van der Waals surface area (Å²) in [7, 11) is 1.64. The third-order valence-electron chi connectivity index (χ3n) is 6.17. The summed E-state index contributed by atoms with van der Waals surface area (Å²) in [5.41, 5.74) is 0.966. The number of imidazole rings is 1. The average molecular weight is 441 g/mol. The van der Waals surface area contributed by atoms with Crippen molar-refractivity contribution < 1.29 is 23.2 Å². The Kier molecular flexibility index (Phi) is 5.07. The lowest BCUT2D eigenvalue weighted by Gasteiger charge is -2.34. The first kappa shape index (κ1) is 21.6. The van der Waals surface area contributed by atoms with E-state index in [0.29, 0.717) is 22.5 Å². The summed E-state index contributed by atoms with van der Waals surface area (Å²) in [6.45, 7) is 1.18. The van der Waals surface area contributed by atoms with E-state index in [9.17, 15) is 23.2 Å². The van der Waals surface area contributed by atoms with E-state index < -0.39 is 48.6 Å². The van der Waals surface area contributed by atoms with E-state index in [4.69, 9.17) is 5.26 Å². The van der Waals surface area contributed by atoms with Gasteiger partial charge in [0.1, 0.15) is 5.54 Å². The molecular formula is C22H21F2N5O3. The molecule has 0 atom stereocenters. The van der Waals surface area contributed by atoms with Gasteiger partial charge in [-0.3, -0.25) is 14.5 Å². The molecular weight excluding hydrogens is 420 g/mol. The summed E-state index contributed by atoms with van der Waals surface area (Å²) >= 11 is 0. The van der Waals surface area contributed by atoms with Crippen LogP contribution in [0.5, 0.6) is 0 Å². The number of rotatable bonds is 4. The fourth-order valence-corrected chi connectivity index (χ4v) is 4.44. The molecule has 1 aromatic heterocycles. The number of aryl methyl sites for hydroxylation is 1. The van der Waals surface area contributed by atoms with Crippen LogP contribution in [0.15, 0.2) is 24.3 Å². The van der Waals surface area contributed by atoms with Crippen LogP contribution in [-0.4, -0.2) is 50.2 Å². The molecule has 2 aromatic rings. The third kappa shape index (κ3) is 3.53. The molecule has 166 valence electrons. The molecule has 2 heterocycles. The van der Waals surface area contributed by atoms with E-state index in [0.717, 1.165) is 4.90 Å². The van der Waals surface area contributed by atoms with Gasteiger partial charge in [-0.1, -0.05) is 12.1 Å². The van der Waals surface area contributed by atoms with Crippen molar-refractivity contribution >= 4 is 17.7 Å². The van der Waals surface area contributed by atoms with Crippen LogP contribution in [0.3, 0.4) is 0 Å². The number of nitrogens with one attached hydrogen (secondary N) is 1. The van der Waals surface area contributed by atoms with Crippen molar-refractivity contribution in [2.75, 3.05) is 6.54 Å². The number of halogens is 2. The maximum Gasteiger partial charge on any atom is 0.325 e. The van der Waals surface area contributed by atoms with Crippen LogP contribution in [0.25, 0.3) is 11.3 Å². The highest BCUT2D eigenvalue weighted by Crippen LogP contribution is 2.41. The van der Waals surface area contributed by atoms with Gasteiger partial charge < -0.3 is 9.88 Å². The van der Waals surface area contributed by atoms with Gasteiger partial charge in [0.25, 0.3) is 5.91 Å². The highest BCUT2D eigenvalue weighted by Gasteiger charge is 2.55. The number of hydrogen-bond acceptors (Lipinski definition) is 5. The van der Waals surface area contributed by atoms with Gasteiger partial charge in [-0.15, -0.1) is 0 Å². The number of carbonyl (C=O) groups is 3. The second kappa shape index (κ2) is 7.51. The summed E-state index contributed by atoms with van der Waals surface area (Å²) in [6, 6.07) is 8.16. The molecule has 0 unspecified atom stereocenters. The number of nitrogens with zero attached hydrogens (tertiary/aromatic N) is 4. The van der Waals surface area contributed by atoms with E-state index in [-0.39, 0.29) is 18.7 Å². The van der Waals surface area contributed by atoms with E-state index in [1.807, 2.05) is 0 Å². The van der Waals surface area contributed by atoms with Crippen molar-refractivity contribution in [2.45, 2.75) is 44.1 Å². The fourth-order valence-electron chi connectivity index (χ4n) is 4.44. The molecule has 1 aliphatic heterocycles. The molecule has 0 radical (unpaired) electrons. The zero-order chi connectivity index (χ0) is 23.3. The lowest BCUT2D eigenvalue weighted by atomic mass is 9.80. The van der Waals surface area contributed by atoms with Crippen LogP contribution in [0, 0.1) is 18.3 Å². The predicted molar refractivity (Wildman–Crippen MR) is 109 cm³/mol. The first-order valence-electron chi connectivity index (χ1n) is 10.2. The molecule has 1 aromatic carbocycles. The van der Waals surface area contributed by atoms with Gasteiger partial charge in [-0.25, -0.2) is 18.6 Å². The Labute approximate surface area is 182 Å². The molecule has 1 saturated carbocycles. The Hall–Kier alpha value is -3.61. The minimum Gasteiger partial charge on any atom is -0.324 e. The molecule has 2 fully saturated rings. The third-order valence-corrected chi connectivity index (χ3v) is 6.17. The summed E-state index contributed by atoms with van der Waals surface area (Å²) < 4.78 is 28.6. The molecule has 4 rings (SSSR count). The van der Waals surface area contributed by atoms with Crippen LogP contribution >= 0.6 is 0 Å². The number of alkyl halides is 2. The van der Waals surface area contributed by atoms with Gasteiger partial charge in [-0.2, -0.15) is 5.26 Å². The summed E-state index contributed by atoms with van der Waals surface area (Å²) in [5, 5.41) is 11.7. The molecule has 8 nitrogen and oxygen atoms in total. The molecule has 3 amide bonds. The topological polar surface area (TPSA) is 108 Å². The van der Waals surface area contributed by atoms with E-state index >= 15 is 0 Å². The van der Waals surface area contributed by atoms with Crippen LogP contribution in [-0.2, 0) is 11.8 Å². The van der Waals surface area contributed by atoms with E-state index in [2.05, 4.69) is 16.4 Å². The number of nitriles is 1. The molecule has 1 saturated heterocycles. The van der Waals surface area contributed by atoms with Gasteiger partial charge in [-0.05, 0) is 31.9 Å². The van der Waals surface area contributed by atoms with Crippen molar-refractivity contribution in [1.82, 2.24) is 19.8 Å². The maximum absolute atomic E-state index is 13.5. The monoisotopic (exact) mass is 441 g/mol. The minimum atomic E-state index is -2.86. The summed E-state index contributed by atoms with van der Waals surface area (Å²) in [4.78, 5) is 43.4. The quantitative estimate of drug-likeness (QED) is 0.580. The summed E-state index contributed by atoms with van der Waals surface area (Å²) in [5.74, 6) is -4.01. The smallest absolute Gasteiger partial charge is 0.324 e. The second-order valence-corrected chi connectivity index (χ2v) is 8.30. The highest BCUT2D eigenvalue weighted by molar-refractivity contribution is 6.10. The average Bonchev–Trinajstić information content (AvgIpc) is 3.18. The minimum absolute atomic E-state index is 0.0524. The Morgan fingerprint density at radius 1 is 1.25 bits per heavy atom. The normalized spacial score (nSPS) is 19.2. The van der Waals surface area contributed by atoms with E-state index in [1.54, 1.807) is 42.8 Å². The highest BCUT2D eigenvalue weighted by atomic mass is 19.3. The van der Waals surface area contributed by atoms with Gasteiger partial charge in [0.15, 0.2) is 5.82 Å². The first-order valence-corrected chi connectivity index (χ1v) is 10.2. The van der Waals surface area contributed by atoms with Crippen molar-refractivity contribution in [1.29, 1.82) is 5.26 Å². The number of hydrogen-bond donors (Lipinski definition) is 1. The Morgan fingerprint density at radius 2 is 1.94 bits per heavy atom. The lowest BCUT2D eigenvalue weighted by Crippen LogP contribution is -2.51. The molecule has 2 aliphatic rings. The van der Waals surface area contributed by atoms with Gasteiger partial charge in [0.05, 0.1) is 29.6 Å². The lowest BCUT2D eigenvalue weighted by molar-refractivity contribution is -0.135. The van der Waals surface area contributed by atoms with Gasteiger partial charge in [0, 0.05) is 25.5 Å². The molecule has 1 aliphatic carbocycles. The van der Waals surface area contributed by atoms with Crippen molar-refractivity contribution in [3.05, 3.63) is 41.3 Å². The van der Waals surface area contributed by atoms with Crippen molar-refractivity contribution in [3.8, 4) is 17.3 Å². The number of aromatic nitrogens is 2. The van der Waals surface area contributed by atoms with Gasteiger partial charge in [0.2, 0.25) is 11.7 Å². The zero-order valence-electron chi connectivity index (χ0n) is 17.6. The number of amides is 3. The van der Waals surface area contributed by atoms with Crippen molar-refractivity contribution in [2.24, 2.45) is 7.05 Å². The Bertz CT molecular complexity index is 1170. The van der Waals surface area contributed by atoms with Crippen LogP contribution in [0.1, 0.15) is 47.6 Å². The number of carbonyl (C=O) groups excluding carboxylic acids is 3. The predicted octanol–water partition coefficient (Wildman–Crippen LogP) is 2.95. The van der Waals surface area contributed by atoms with Crippen molar-refractivity contribution in [3.63, 3.8) is 0 Å². The van der Waals surface area contributed by atoms with Crippen LogP contribution in [0.2, 0.25) is 0 Å². The second-order valence-electron chi connectivity index (χ2n) is 8.30. The van der Waals surface area contributed by atoms with E-state index in [1.165, 1.54) is 0 Å². The standard InChI is InChI=1S/C22H21F2N5O3/c1-13-17(15-5-3-4-14(10-15)11-25)28(2)18(26-13)16(30)12-29-19(31)21(27-20(29)32)6-8-22(23,24)9-7-21/h3-5,10H,6-9,12H2,1-2H3,(H,27,32). The number of urea groups is 1. The number of benzene rings is 1. The van der Waals surface area contributed by atoms with Gasteiger partial charge >= 0.3 is 6.03 Å². The molecule has 1 N–H and O–H groups in total. The first-order chi connectivity index (χ1) is 15.1. The number of ketones is 1. The number of Topliss-reactive ketones (excluding diaryl/α,β-unsaturated/α-hetero) is 1. The summed E-state index contributed by atoms with van der Waals surface area (Å²) in [6.07, 6.45) is -1.33. The zero-order valence-corrected chi connectivity index (χ0v) is 17.6. The fraction of sp³-hybridized carbons (Fsp3) is 0.409.